The van der Waals surface area contributed by atoms with Gasteiger partial charge in [-0.1, -0.05) is 13.0 Å². The van der Waals surface area contributed by atoms with Crippen molar-refractivity contribution in [1.29, 1.82) is 5.26 Å². The predicted octanol–water partition coefficient (Wildman–Crippen LogP) is 2.36. The normalized spacial score (nSPS) is 10.8. The smallest absolute Gasteiger partial charge is 0.232 e. The van der Waals surface area contributed by atoms with E-state index in [4.69, 9.17) is 15.4 Å². The van der Waals surface area contributed by atoms with Crippen LogP contribution < -0.4 is 11.2 Å². The second-order valence-corrected chi connectivity index (χ2v) is 4.50. The first-order valence-corrected chi connectivity index (χ1v) is 6.20. The first-order valence-electron chi connectivity index (χ1n) is 6.20. The van der Waals surface area contributed by atoms with Gasteiger partial charge in [-0.25, -0.2) is 0 Å². The van der Waals surface area contributed by atoms with Gasteiger partial charge in [0.15, 0.2) is 0 Å². The Bertz CT molecular complexity index is 936. The van der Waals surface area contributed by atoms with E-state index >= 15 is 0 Å². The van der Waals surface area contributed by atoms with Crippen molar-refractivity contribution in [3.05, 3.63) is 45.6 Å². The molecule has 0 aliphatic rings. The zero-order valence-corrected chi connectivity index (χ0v) is 10.8. The minimum atomic E-state index is -0.194. The minimum absolute atomic E-state index is 0.0627. The standard InChI is InChI=1S/C15H11N3O2/c1-2-8-3-4-12-10(5-8)13(19)11-6-9(7-16)14(17)18-15(11)20-12/h3-6H,2H2,1H3,(H2,17,18). The van der Waals surface area contributed by atoms with E-state index in [1.165, 1.54) is 6.07 Å². The lowest BCUT2D eigenvalue weighted by atomic mass is 10.1. The lowest BCUT2D eigenvalue weighted by molar-refractivity contribution is 0.645. The maximum absolute atomic E-state index is 12.5. The number of nitrogens with zero attached hydrogens (tertiary/aromatic N) is 2. The molecule has 5 nitrogen and oxygen atoms in total. The second kappa shape index (κ2) is 4.35. The van der Waals surface area contributed by atoms with E-state index in [1.54, 1.807) is 6.07 Å². The number of nitrogens with two attached hydrogens (primary N) is 1. The number of aryl methyl sites for hydroxylation is 1. The molecular formula is C15H11N3O2. The van der Waals surface area contributed by atoms with E-state index in [0.717, 1.165) is 12.0 Å². The Morgan fingerprint density at radius 2 is 2.15 bits per heavy atom. The van der Waals surface area contributed by atoms with Crippen molar-refractivity contribution < 1.29 is 4.42 Å². The first-order chi connectivity index (χ1) is 9.63. The van der Waals surface area contributed by atoms with Crippen molar-refractivity contribution >= 4 is 27.9 Å². The summed E-state index contributed by atoms with van der Waals surface area (Å²) in [7, 11) is 0. The summed E-state index contributed by atoms with van der Waals surface area (Å²) in [5, 5.41) is 9.73. The molecule has 20 heavy (non-hydrogen) atoms. The number of benzene rings is 1. The van der Waals surface area contributed by atoms with Gasteiger partial charge >= 0.3 is 0 Å². The summed E-state index contributed by atoms with van der Waals surface area (Å²) in [5.74, 6) is 0.0627. The van der Waals surface area contributed by atoms with Gasteiger partial charge < -0.3 is 10.2 Å². The molecule has 0 radical (unpaired) electrons. The highest BCUT2D eigenvalue weighted by Gasteiger charge is 2.12. The Balaban J connectivity index is 2.49. The van der Waals surface area contributed by atoms with Crippen LogP contribution in [-0.2, 0) is 6.42 Å². The Kier molecular flexibility index (Phi) is 2.65. The fraction of sp³-hybridized carbons (Fsp3) is 0.133. The molecule has 3 rings (SSSR count). The van der Waals surface area contributed by atoms with Gasteiger partial charge in [-0.2, -0.15) is 10.2 Å². The van der Waals surface area contributed by atoms with Crippen LogP contribution in [0.1, 0.15) is 18.1 Å². The highest BCUT2D eigenvalue weighted by molar-refractivity contribution is 5.89. The average molecular weight is 265 g/mol. The van der Waals surface area contributed by atoms with Gasteiger partial charge in [0.2, 0.25) is 11.1 Å². The molecular weight excluding hydrogens is 254 g/mol. The maximum atomic E-state index is 12.5. The number of rotatable bonds is 1. The van der Waals surface area contributed by atoms with Crippen LogP contribution in [0.2, 0.25) is 0 Å². The van der Waals surface area contributed by atoms with Crippen molar-refractivity contribution in [3.8, 4) is 6.07 Å². The van der Waals surface area contributed by atoms with E-state index in [9.17, 15) is 4.79 Å². The fourth-order valence-electron chi connectivity index (χ4n) is 2.15. The SMILES string of the molecule is CCc1ccc2oc3nc(N)c(C#N)cc3c(=O)c2c1. The molecule has 3 aromatic rings. The summed E-state index contributed by atoms with van der Waals surface area (Å²) in [4.78, 5) is 16.5. The third kappa shape index (κ3) is 1.70. The molecule has 0 fully saturated rings. The molecule has 0 spiro atoms. The minimum Gasteiger partial charge on any atom is -0.437 e. The third-order valence-corrected chi connectivity index (χ3v) is 3.29. The van der Waals surface area contributed by atoms with Crippen LogP contribution in [0.5, 0.6) is 0 Å². The van der Waals surface area contributed by atoms with Crippen molar-refractivity contribution in [2.24, 2.45) is 0 Å². The molecule has 0 aliphatic heterocycles. The van der Waals surface area contributed by atoms with Gasteiger partial charge in [0.1, 0.15) is 17.5 Å². The molecule has 0 bridgehead atoms. The quantitative estimate of drug-likeness (QED) is 0.682. The molecule has 5 heteroatoms. The molecule has 0 aliphatic carbocycles. The number of hydrogen-bond acceptors (Lipinski definition) is 5. The molecule has 2 aromatic heterocycles. The molecule has 98 valence electrons. The lowest BCUT2D eigenvalue weighted by Gasteiger charge is -2.04. The number of anilines is 1. The zero-order valence-electron chi connectivity index (χ0n) is 10.8. The largest absolute Gasteiger partial charge is 0.437 e. The van der Waals surface area contributed by atoms with Gasteiger partial charge in [0, 0.05) is 0 Å². The number of pyridine rings is 1. The average Bonchev–Trinajstić information content (AvgIpc) is 2.46. The molecule has 1 aromatic carbocycles. The highest BCUT2D eigenvalue weighted by Crippen LogP contribution is 2.21. The third-order valence-electron chi connectivity index (χ3n) is 3.29. The fourth-order valence-corrected chi connectivity index (χ4v) is 2.15. The lowest BCUT2D eigenvalue weighted by Crippen LogP contribution is -2.06. The molecule has 0 saturated heterocycles. The molecule has 0 saturated carbocycles. The molecule has 2 N–H and O–H groups in total. The molecule has 2 heterocycles. The van der Waals surface area contributed by atoms with Crippen LogP contribution >= 0.6 is 0 Å². The van der Waals surface area contributed by atoms with E-state index in [2.05, 4.69) is 4.98 Å². The Labute approximate surface area is 114 Å². The van der Waals surface area contributed by atoms with Gasteiger partial charge in [-0.05, 0) is 30.2 Å². The summed E-state index contributed by atoms with van der Waals surface area (Å²) in [5.41, 5.74) is 7.30. The Hall–Kier alpha value is -2.87. The summed E-state index contributed by atoms with van der Waals surface area (Å²) >= 11 is 0. The Morgan fingerprint density at radius 3 is 2.85 bits per heavy atom. The summed E-state index contributed by atoms with van der Waals surface area (Å²) < 4.78 is 5.61. The van der Waals surface area contributed by atoms with E-state index in [0.29, 0.717) is 11.0 Å². The Morgan fingerprint density at radius 1 is 1.35 bits per heavy atom. The van der Waals surface area contributed by atoms with Crippen molar-refractivity contribution in [3.63, 3.8) is 0 Å². The van der Waals surface area contributed by atoms with Crippen LogP contribution in [0.15, 0.2) is 33.5 Å². The van der Waals surface area contributed by atoms with Crippen molar-refractivity contribution in [2.45, 2.75) is 13.3 Å². The monoisotopic (exact) mass is 265 g/mol. The number of nitriles is 1. The number of nitrogen functional groups attached to an aromatic ring is 1. The van der Waals surface area contributed by atoms with Crippen LogP contribution in [0.25, 0.3) is 22.1 Å². The van der Waals surface area contributed by atoms with Gasteiger partial charge in [0.25, 0.3) is 0 Å². The molecule has 0 amide bonds. The zero-order chi connectivity index (χ0) is 14.3. The summed E-state index contributed by atoms with van der Waals surface area (Å²) in [6.45, 7) is 2.01. The van der Waals surface area contributed by atoms with Gasteiger partial charge in [-0.3, -0.25) is 4.79 Å². The number of fused-ring (bicyclic) bond motifs is 2. The predicted molar refractivity (Wildman–Crippen MR) is 76.3 cm³/mol. The topological polar surface area (TPSA) is 92.9 Å². The molecule has 0 unspecified atom stereocenters. The summed E-state index contributed by atoms with van der Waals surface area (Å²) in [6, 6.07) is 8.82. The van der Waals surface area contributed by atoms with Gasteiger partial charge in [-0.15, -0.1) is 0 Å². The summed E-state index contributed by atoms with van der Waals surface area (Å²) in [6.07, 6.45) is 0.830. The van der Waals surface area contributed by atoms with Crippen molar-refractivity contribution in [2.75, 3.05) is 5.73 Å². The van der Waals surface area contributed by atoms with Crippen molar-refractivity contribution in [1.82, 2.24) is 4.98 Å². The number of aromatic nitrogens is 1. The van der Waals surface area contributed by atoms with Crippen LogP contribution in [-0.4, -0.2) is 4.98 Å². The van der Waals surface area contributed by atoms with E-state index < -0.39 is 0 Å². The maximum Gasteiger partial charge on any atom is 0.232 e. The highest BCUT2D eigenvalue weighted by atomic mass is 16.3. The van der Waals surface area contributed by atoms with Crippen LogP contribution in [0.4, 0.5) is 5.82 Å². The first kappa shape index (κ1) is 12.2. The van der Waals surface area contributed by atoms with Gasteiger partial charge in [0.05, 0.1) is 16.3 Å². The van der Waals surface area contributed by atoms with E-state index in [1.807, 2.05) is 25.1 Å². The second-order valence-electron chi connectivity index (χ2n) is 4.50. The molecule has 0 atom stereocenters. The van der Waals surface area contributed by atoms with Crippen LogP contribution in [0.3, 0.4) is 0 Å². The number of hydrogen-bond donors (Lipinski definition) is 1. The van der Waals surface area contributed by atoms with E-state index in [-0.39, 0.29) is 27.9 Å². The van der Waals surface area contributed by atoms with Crippen LogP contribution in [0, 0.1) is 11.3 Å².